The highest BCUT2D eigenvalue weighted by Gasteiger charge is 2.24. The zero-order chi connectivity index (χ0) is 14.5. The SMILES string of the molecule is CCSc1cccc(N(C)C2CCCC(C)C2)c1CN. The first-order chi connectivity index (χ1) is 9.67. The quantitative estimate of drug-likeness (QED) is 0.822. The van der Waals surface area contributed by atoms with Crippen LogP contribution < -0.4 is 10.6 Å². The zero-order valence-electron chi connectivity index (χ0n) is 13.1. The first-order valence-corrected chi connectivity index (χ1v) is 8.83. The maximum atomic E-state index is 6.04. The minimum absolute atomic E-state index is 0.630. The lowest BCUT2D eigenvalue weighted by Crippen LogP contribution is -2.36. The molecule has 0 radical (unpaired) electrons. The lowest BCUT2D eigenvalue weighted by Gasteiger charge is -2.37. The fraction of sp³-hybridized carbons (Fsp3) is 0.647. The average molecular weight is 292 g/mol. The van der Waals surface area contributed by atoms with Crippen molar-refractivity contribution in [2.24, 2.45) is 11.7 Å². The predicted molar refractivity (Wildman–Crippen MR) is 90.6 cm³/mol. The summed E-state index contributed by atoms with van der Waals surface area (Å²) in [5, 5.41) is 0. The molecule has 1 aliphatic rings. The number of anilines is 1. The van der Waals surface area contributed by atoms with Crippen LogP contribution in [0.25, 0.3) is 0 Å². The van der Waals surface area contributed by atoms with Crippen LogP contribution >= 0.6 is 11.8 Å². The topological polar surface area (TPSA) is 29.3 Å². The standard InChI is InChI=1S/C17H28N2S/c1-4-20-17-10-6-9-16(15(17)12-18)19(3)14-8-5-7-13(2)11-14/h6,9-10,13-14H,4-5,7-8,11-12,18H2,1-3H3. The molecule has 2 N–H and O–H groups in total. The molecular weight excluding hydrogens is 264 g/mol. The number of thioether (sulfide) groups is 1. The third-order valence-electron chi connectivity index (χ3n) is 4.45. The summed E-state index contributed by atoms with van der Waals surface area (Å²) in [6, 6.07) is 7.29. The summed E-state index contributed by atoms with van der Waals surface area (Å²) in [4.78, 5) is 3.83. The Kier molecular flexibility index (Phi) is 5.79. The second-order valence-electron chi connectivity index (χ2n) is 5.93. The van der Waals surface area contributed by atoms with Gasteiger partial charge in [-0.1, -0.05) is 32.8 Å². The van der Waals surface area contributed by atoms with Crippen LogP contribution in [0.4, 0.5) is 5.69 Å². The third kappa shape index (κ3) is 3.50. The summed E-state index contributed by atoms with van der Waals surface area (Å²) in [5.74, 6) is 1.95. The minimum Gasteiger partial charge on any atom is -0.371 e. The van der Waals surface area contributed by atoms with E-state index < -0.39 is 0 Å². The summed E-state index contributed by atoms with van der Waals surface area (Å²) >= 11 is 1.90. The Morgan fingerprint density at radius 2 is 2.15 bits per heavy atom. The lowest BCUT2D eigenvalue weighted by molar-refractivity contribution is 0.336. The molecule has 1 aliphatic carbocycles. The molecule has 1 saturated carbocycles. The summed E-state index contributed by atoms with van der Waals surface area (Å²) < 4.78 is 0. The van der Waals surface area contributed by atoms with Crippen molar-refractivity contribution in [1.29, 1.82) is 0 Å². The molecule has 0 saturated heterocycles. The Labute approximate surface area is 128 Å². The van der Waals surface area contributed by atoms with Crippen molar-refractivity contribution < 1.29 is 0 Å². The van der Waals surface area contributed by atoms with Gasteiger partial charge in [-0.3, -0.25) is 0 Å². The normalized spacial score (nSPS) is 22.8. The smallest absolute Gasteiger partial charge is 0.0422 e. The Hall–Kier alpha value is -0.670. The van der Waals surface area contributed by atoms with Crippen LogP contribution in [0.15, 0.2) is 23.1 Å². The highest BCUT2D eigenvalue weighted by Crippen LogP contribution is 2.34. The van der Waals surface area contributed by atoms with Crippen molar-refractivity contribution in [3.05, 3.63) is 23.8 Å². The average Bonchev–Trinajstić information content (AvgIpc) is 2.46. The van der Waals surface area contributed by atoms with Crippen LogP contribution in [0, 0.1) is 5.92 Å². The van der Waals surface area contributed by atoms with Gasteiger partial charge in [-0.15, -0.1) is 11.8 Å². The molecule has 0 heterocycles. The Balaban J connectivity index is 2.24. The van der Waals surface area contributed by atoms with Crippen LogP contribution in [0.2, 0.25) is 0 Å². The summed E-state index contributed by atoms with van der Waals surface area (Å²) in [6.45, 7) is 5.21. The molecule has 1 aromatic carbocycles. The van der Waals surface area contributed by atoms with Gasteiger partial charge in [0.15, 0.2) is 0 Å². The molecule has 1 fully saturated rings. The van der Waals surface area contributed by atoms with Crippen LogP contribution in [0.1, 0.15) is 45.1 Å². The molecule has 3 heteroatoms. The van der Waals surface area contributed by atoms with E-state index in [0.29, 0.717) is 12.6 Å². The van der Waals surface area contributed by atoms with E-state index in [-0.39, 0.29) is 0 Å². The molecule has 2 unspecified atom stereocenters. The fourth-order valence-electron chi connectivity index (χ4n) is 3.33. The van der Waals surface area contributed by atoms with Gasteiger partial charge >= 0.3 is 0 Å². The lowest BCUT2D eigenvalue weighted by atomic mass is 9.86. The second kappa shape index (κ2) is 7.37. The predicted octanol–water partition coefficient (Wildman–Crippen LogP) is 4.27. The van der Waals surface area contributed by atoms with E-state index in [1.807, 2.05) is 11.8 Å². The van der Waals surface area contributed by atoms with Crippen LogP contribution in [-0.4, -0.2) is 18.8 Å². The number of benzene rings is 1. The van der Waals surface area contributed by atoms with Crippen molar-refractivity contribution in [3.63, 3.8) is 0 Å². The fourth-order valence-corrected chi connectivity index (χ4v) is 4.18. The van der Waals surface area contributed by atoms with E-state index >= 15 is 0 Å². The van der Waals surface area contributed by atoms with Gasteiger partial charge in [0.2, 0.25) is 0 Å². The molecule has 2 nitrogen and oxygen atoms in total. The molecule has 20 heavy (non-hydrogen) atoms. The molecule has 0 aliphatic heterocycles. The van der Waals surface area contributed by atoms with E-state index in [1.54, 1.807) is 0 Å². The van der Waals surface area contributed by atoms with E-state index in [9.17, 15) is 0 Å². The number of nitrogens with two attached hydrogens (primary N) is 1. The first kappa shape index (κ1) is 15.7. The van der Waals surface area contributed by atoms with E-state index in [0.717, 1.165) is 11.7 Å². The van der Waals surface area contributed by atoms with Crippen molar-refractivity contribution in [3.8, 4) is 0 Å². The van der Waals surface area contributed by atoms with Crippen molar-refractivity contribution in [2.75, 3.05) is 17.7 Å². The molecule has 112 valence electrons. The van der Waals surface area contributed by atoms with E-state index in [1.165, 1.54) is 41.8 Å². The van der Waals surface area contributed by atoms with Gasteiger partial charge in [0.05, 0.1) is 0 Å². The first-order valence-electron chi connectivity index (χ1n) is 7.85. The molecule has 0 aromatic heterocycles. The van der Waals surface area contributed by atoms with Crippen molar-refractivity contribution in [1.82, 2.24) is 0 Å². The molecular formula is C17H28N2S. The van der Waals surface area contributed by atoms with Gasteiger partial charge in [-0.05, 0) is 36.6 Å². The van der Waals surface area contributed by atoms with Crippen molar-refractivity contribution in [2.45, 2.75) is 57.0 Å². The highest BCUT2D eigenvalue weighted by molar-refractivity contribution is 7.99. The maximum Gasteiger partial charge on any atom is 0.0422 e. The summed E-state index contributed by atoms with van der Waals surface area (Å²) in [5.41, 5.74) is 8.69. The number of hydrogen-bond acceptors (Lipinski definition) is 3. The summed E-state index contributed by atoms with van der Waals surface area (Å²) in [6.07, 6.45) is 5.37. The molecule has 2 rings (SSSR count). The number of rotatable bonds is 5. The number of nitrogens with zero attached hydrogens (tertiary/aromatic N) is 1. The Morgan fingerprint density at radius 3 is 2.80 bits per heavy atom. The Morgan fingerprint density at radius 1 is 1.35 bits per heavy atom. The van der Waals surface area contributed by atoms with Crippen LogP contribution in [0.3, 0.4) is 0 Å². The van der Waals surface area contributed by atoms with Gasteiger partial charge in [0.1, 0.15) is 0 Å². The highest BCUT2D eigenvalue weighted by atomic mass is 32.2. The molecule has 1 aromatic rings. The minimum atomic E-state index is 0.630. The van der Waals surface area contributed by atoms with Crippen molar-refractivity contribution >= 4 is 17.4 Å². The molecule has 2 atom stereocenters. The monoisotopic (exact) mass is 292 g/mol. The van der Waals surface area contributed by atoms with Crippen LogP contribution in [0.5, 0.6) is 0 Å². The molecule has 0 spiro atoms. The van der Waals surface area contributed by atoms with Gasteiger partial charge < -0.3 is 10.6 Å². The zero-order valence-corrected chi connectivity index (χ0v) is 13.9. The maximum absolute atomic E-state index is 6.04. The third-order valence-corrected chi connectivity index (χ3v) is 5.43. The second-order valence-corrected chi connectivity index (χ2v) is 7.23. The van der Waals surface area contributed by atoms with E-state index in [2.05, 4.69) is 44.0 Å². The molecule has 0 bridgehead atoms. The van der Waals surface area contributed by atoms with Crippen LogP contribution in [-0.2, 0) is 6.54 Å². The van der Waals surface area contributed by atoms with Gasteiger partial charge in [0, 0.05) is 35.8 Å². The largest absolute Gasteiger partial charge is 0.371 e. The summed E-state index contributed by atoms with van der Waals surface area (Å²) in [7, 11) is 2.25. The number of hydrogen-bond donors (Lipinski definition) is 1. The van der Waals surface area contributed by atoms with E-state index in [4.69, 9.17) is 5.73 Å². The van der Waals surface area contributed by atoms with Gasteiger partial charge in [0.25, 0.3) is 0 Å². The Bertz CT molecular complexity index is 433. The van der Waals surface area contributed by atoms with Gasteiger partial charge in [-0.25, -0.2) is 0 Å². The van der Waals surface area contributed by atoms with Gasteiger partial charge in [-0.2, -0.15) is 0 Å². The molecule has 0 amide bonds.